The fourth-order valence-corrected chi connectivity index (χ4v) is 2.59. The highest BCUT2D eigenvalue weighted by Gasteiger charge is 2.10. The van der Waals surface area contributed by atoms with E-state index in [4.69, 9.17) is 4.74 Å². The van der Waals surface area contributed by atoms with Gasteiger partial charge in [-0.2, -0.15) is 0 Å². The number of para-hydroxylation sites is 1. The third-order valence-corrected chi connectivity index (χ3v) is 3.92. The highest BCUT2D eigenvalue weighted by molar-refractivity contribution is 6.07. The van der Waals surface area contributed by atoms with Crippen LogP contribution in [-0.4, -0.2) is 17.9 Å². The summed E-state index contributed by atoms with van der Waals surface area (Å²) in [5, 5.41) is 5.65. The van der Waals surface area contributed by atoms with Gasteiger partial charge in [-0.1, -0.05) is 18.2 Å². The predicted octanol–water partition coefficient (Wildman–Crippen LogP) is 4.98. The average Bonchev–Trinajstić information content (AvgIpc) is 2.70. The van der Waals surface area contributed by atoms with E-state index in [0.717, 1.165) is 11.4 Å². The summed E-state index contributed by atoms with van der Waals surface area (Å²) in [6.07, 6.45) is 0.0954. The highest BCUT2D eigenvalue weighted by atomic mass is 16.5. The zero-order chi connectivity index (χ0) is 19.9. The van der Waals surface area contributed by atoms with E-state index in [1.807, 2.05) is 56.3 Å². The van der Waals surface area contributed by atoms with Gasteiger partial charge in [0.1, 0.15) is 5.75 Å². The van der Waals surface area contributed by atoms with E-state index in [1.165, 1.54) is 0 Å². The Morgan fingerprint density at radius 3 is 1.61 bits per heavy atom. The summed E-state index contributed by atoms with van der Waals surface area (Å²) in [7, 11) is 0. The molecule has 2 N–H and O–H groups in total. The fourth-order valence-electron chi connectivity index (χ4n) is 2.59. The van der Waals surface area contributed by atoms with E-state index in [1.54, 1.807) is 36.4 Å². The average molecular weight is 374 g/mol. The van der Waals surface area contributed by atoms with Crippen molar-refractivity contribution < 1.29 is 14.3 Å². The minimum absolute atomic E-state index is 0.0954. The maximum absolute atomic E-state index is 12.4. The van der Waals surface area contributed by atoms with Crippen LogP contribution in [0.25, 0.3) is 0 Å². The van der Waals surface area contributed by atoms with Crippen molar-refractivity contribution in [3.8, 4) is 5.75 Å². The second-order valence-electron chi connectivity index (χ2n) is 6.54. The normalized spacial score (nSPS) is 10.4. The molecule has 2 amide bonds. The van der Waals surface area contributed by atoms with Crippen LogP contribution in [0.5, 0.6) is 5.75 Å². The molecule has 0 saturated carbocycles. The van der Waals surface area contributed by atoms with Crippen molar-refractivity contribution >= 4 is 23.2 Å². The van der Waals surface area contributed by atoms with Gasteiger partial charge in [0.2, 0.25) is 0 Å². The smallest absolute Gasteiger partial charge is 0.255 e. The monoisotopic (exact) mass is 374 g/mol. The fraction of sp³-hybridized carbons (Fsp3) is 0.130. The summed E-state index contributed by atoms with van der Waals surface area (Å²) in [5.41, 5.74) is 2.35. The van der Waals surface area contributed by atoms with Gasteiger partial charge in [0.15, 0.2) is 0 Å². The van der Waals surface area contributed by atoms with Gasteiger partial charge in [0.25, 0.3) is 11.8 Å². The summed E-state index contributed by atoms with van der Waals surface area (Å²) in [4.78, 5) is 24.7. The maximum atomic E-state index is 12.4. The lowest BCUT2D eigenvalue weighted by atomic mass is 10.1. The second kappa shape index (κ2) is 8.86. The lowest BCUT2D eigenvalue weighted by Crippen LogP contribution is -2.14. The first-order valence-electron chi connectivity index (χ1n) is 9.06. The van der Waals surface area contributed by atoms with Gasteiger partial charge in [0, 0.05) is 22.5 Å². The molecule has 0 fully saturated rings. The van der Waals surface area contributed by atoms with Crippen molar-refractivity contribution in [2.75, 3.05) is 10.6 Å². The minimum Gasteiger partial charge on any atom is -0.491 e. The lowest BCUT2D eigenvalue weighted by molar-refractivity contribution is 0.101. The first-order valence-corrected chi connectivity index (χ1v) is 9.06. The summed E-state index contributed by atoms with van der Waals surface area (Å²) in [6.45, 7) is 3.92. The Morgan fingerprint density at radius 2 is 1.14 bits per heavy atom. The van der Waals surface area contributed by atoms with E-state index in [0.29, 0.717) is 16.8 Å². The summed E-state index contributed by atoms with van der Waals surface area (Å²) in [6, 6.07) is 22.9. The molecule has 142 valence electrons. The second-order valence-corrected chi connectivity index (χ2v) is 6.54. The molecule has 5 nitrogen and oxygen atoms in total. The number of hydrogen-bond donors (Lipinski definition) is 2. The number of anilines is 2. The zero-order valence-electron chi connectivity index (χ0n) is 15.8. The zero-order valence-corrected chi connectivity index (χ0v) is 15.8. The molecule has 0 aliphatic rings. The highest BCUT2D eigenvalue weighted by Crippen LogP contribution is 2.18. The molecule has 3 aromatic rings. The van der Waals surface area contributed by atoms with Crippen LogP contribution in [0.3, 0.4) is 0 Å². The molecule has 28 heavy (non-hydrogen) atoms. The maximum Gasteiger partial charge on any atom is 0.255 e. The molecule has 0 aliphatic heterocycles. The van der Waals surface area contributed by atoms with Crippen LogP contribution < -0.4 is 15.4 Å². The molecule has 3 aromatic carbocycles. The molecule has 5 heteroatoms. The van der Waals surface area contributed by atoms with Gasteiger partial charge in [0.05, 0.1) is 6.10 Å². The number of rotatable bonds is 6. The Bertz CT molecular complexity index is 934. The molecule has 0 aliphatic carbocycles. The molecule has 0 bridgehead atoms. The van der Waals surface area contributed by atoms with Crippen molar-refractivity contribution in [1.29, 1.82) is 0 Å². The Kier molecular flexibility index (Phi) is 6.07. The first-order chi connectivity index (χ1) is 13.5. The molecule has 0 atom stereocenters. The van der Waals surface area contributed by atoms with Crippen molar-refractivity contribution in [2.45, 2.75) is 20.0 Å². The third-order valence-electron chi connectivity index (χ3n) is 3.92. The summed E-state index contributed by atoms with van der Waals surface area (Å²) in [5.74, 6) is 0.285. The number of hydrogen-bond acceptors (Lipinski definition) is 3. The van der Waals surface area contributed by atoms with Crippen LogP contribution in [0.4, 0.5) is 11.4 Å². The topological polar surface area (TPSA) is 67.4 Å². The molecule has 0 aromatic heterocycles. The van der Waals surface area contributed by atoms with E-state index in [9.17, 15) is 9.59 Å². The number of nitrogens with one attached hydrogen (secondary N) is 2. The van der Waals surface area contributed by atoms with Gasteiger partial charge in [-0.3, -0.25) is 9.59 Å². The first kappa shape index (κ1) is 19.2. The van der Waals surface area contributed by atoms with Gasteiger partial charge in [-0.05, 0) is 74.5 Å². The van der Waals surface area contributed by atoms with Crippen LogP contribution >= 0.6 is 0 Å². The van der Waals surface area contributed by atoms with Crippen LogP contribution in [0.2, 0.25) is 0 Å². The van der Waals surface area contributed by atoms with Gasteiger partial charge in [-0.15, -0.1) is 0 Å². The van der Waals surface area contributed by atoms with Crippen LogP contribution in [0.15, 0.2) is 78.9 Å². The third kappa shape index (κ3) is 5.20. The molecule has 3 rings (SSSR count). The number of ether oxygens (including phenoxy) is 1. The van der Waals surface area contributed by atoms with E-state index in [-0.39, 0.29) is 17.9 Å². The number of benzene rings is 3. The number of carbonyl (C=O) groups is 2. The molecule has 0 unspecified atom stereocenters. The van der Waals surface area contributed by atoms with E-state index >= 15 is 0 Å². The predicted molar refractivity (Wildman–Crippen MR) is 111 cm³/mol. The Hall–Kier alpha value is -3.60. The SMILES string of the molecule is CC(C)Oc1ccc(NC(=O)c2ccc(C(=O)Nc3ccccc3)cc2)cc1. The molecular weight excluding hydrogens is 352 g/mol. The Balaban J connectivity index is 1.61. The van der Waals surface area contributed by atoms with E-state index in [2.05, 4.69) is 10.6 Å². The molecule has 0 heterocycles. The number of carbonyl (C=O) groups excluding carboxylic acids is 2. The Morgan fingerprint density at radius 1 is 0.679 bits per heavy atom. The molecule has 0 spiro atoms. The number of amides is 2. The Labute approximate surface area is 164 Å². The lowest BCUT2D eigenvalue weighted by Gasteiger charge is -2.11. The van der Waals surface area contributed by atoms with Gasteiger partial charge < -0.3 is 15.4 Å². The van der Waals surface area contributed by atoms with E-state index < -0.39 is 0 Å². The van der Waals surface area contributed by atoms with Gasteiger partial charge in [-0.25, -0.2) is 0 Å². The van der Waals surface area contributed by atoms with Crippen LogP contribution in [0.1, 0.15) is 34.6 Å². The van der Waals surface area contributed by atoms with Crippen molar-refractivity contribution in [2.24, 2.45) is 0 Å². The van der Waals surface area contributed by atoms with Gasteiger partial charge >= 0.3 is 0 Å². The largest absolute Gasteiger partial charge is 0.491 e. The molecule has 0 radical (unpaired) electrons. The van der Waals surface area contributed by atoms with Crippen molar-refractivity contribution in [3.63, 3.8) is 0 Å². The van der Waals surface area contributed by atoms with Crippen molar-refractivity contribution in [1.82, 2.24) is 0 Å². The van der Waals surface area contributed by atoms with Crippen LogP contribution in [-0.2, 0) is 0 Å². The standard InChI is InChI=1S/C23H22N2O3/c1-16(2)28-21-14-12-20(13-15-21)25-23(27)18-10-8-17(9-11-18)22(26)24-19-6-4-3-5-7-19/h3-16H,1-2H3,(H,24,26)(H,25,27). The summed E-state index contributed by atoms with van der Waals surface area (Å²) >= 11 is 0. The van der Waals surface area contributed by atoms with Crippen molar-refractivity contribution in [3.05, 3.63) is 90.0 Å². The quantitative estimate of drug-likeness (QED) is 0.639. The molecule has 0 saturated heterocycles. The summed E-state index contributed by atoms with van der Waals surface area (Å²) < 4.78 is 5.59. The minimum atomic E-state index is -0.243. The molecular formula is C23H22N2O3. The van der Waals surface area contributed by atoms with Crippen LogP contribution in [0, 0.1) is 0 Å².